The summed E-state index contributed by atoms with van der Waals surface area (Å²) in [7, 11) is -1.75. The zero-order chi connectivity index (χ0) is 43.8. The average Bonchev–Trinajstić information content (AvgIpc) is 3.88. The lowest BCUT2D eigenvalue weighted by molar-refractivity contribution is 0.192. The third kappa shape index (κ3) is 5.81. The summed E-state index contributed by atoms with van der Waals surface area (Å²) in [4.78, 5) is 5.41. The summed E-state index contributed by atoms with van der Waals surface area (Å²) in [5.74, 6) is 0.615. The number of anilines is 2. The van der Waals surface area contributed by atoms with E-state index in [4.69, 9.17) is 0 Å². The minimum Gasteiger partial charge on any atom is -0.365 e. The summed E-state index contributed by atoms with van der Waals surface area (Å²) in [5.41, 5.74) is 21.5. The largest absolute Gasteiger partial charge is 0.365 e. The number of hydrogen-bond donors (Lipinski definition) is 0. The first-order chi connectivity index (χ1) is 30.9. The van der Waals surface area contributed by atoms with Gasteiger partial charge in [0, 0.05) is 40.1 Å². The average molecular weight is 855 g/mol. The number of allylic oxidation sites excluding steroid dienone is 9. The summed E-state index contributed by atoms with van der Waals surface area (Å²) in [5, 5.41) is 3.52. The molecule has 0 radical (unpaired) electrons. The van der Waals surface area contributed by atoms with Gasteiger partial charge in [0.15, 0.2) is 0 Å². The van der Waals surface area contributed by atoms with E-state index in [0.717, 1.165) is 13.0 Å². The second-order valence-corrected chi connectivity index (χ2v) is 26.6. The van der Waals surface area contributed by atoms with Crippen molar-refractivity contribution in [1.82, 2.24) is 0 Å². The molecule has 2 fully saturated rings. The van der Waals surface area contributed by atoms with Gasteiger partial charge in [0.25, 0.3) is 0 Å². The molecule has 0 N–H and O–H groups in total. The van der Waals surface area contributed by atoms with Gasteiger partial charge in [0.1, 0.15) is 8.07 Å². The SMILES string of the molecule is CC1=C(N2C3=C(C(C)CC=C3)[Si]3(CCCC3)c3ccccc32)C=CC2=C(C1)C(C)(C)c1cc(/C=C/c3ccc4c(c3)C(C)(C)c3cc(N5CCCC6(C)CCC=CC56)ccc3-4)ccc12. The van der Waals surface area contributed by atoms with Gasteiger partial charge in [-0.2, -0.15) is 0 Å². The van der Waals surface area contributed by atoms with E-state index in [1.165, 1.54) is 135 Å². The molecule has 1 spiro atoms. The number of rotatable bonds is 4. The lowest BCUT2D eigenvalue weighted by Gasteiger charge is -2.50. The van der Waals surface area contributed by atoms with Crippen molar-refractivity contribution in [2.75, 3.05) is 16.3 Å². The van der Waals surface area contributed by atoms with Crippen molar-refractivity contribution in [2.24, 2.45) is 11.3 Å². The molecule has 3 heteroatoms. The molecule has 64 heavy (non-hydrogen) atoms. The van der Waals surface area contributed by atoms with Crippen LogP contribution in [0.1, 0.15) is 133 Å². The minimum atomic E-state index is -1.75. The number of fused-ring (bicyclic) bond motifs is 9. The first-order valence-corrected chi connectivity index (χ1v) is 27.3. The smallest absolute Gasteiger partial charge is 0.119 e. The number of piperidine rings is 1. The van der Waals surface area contributed by atoms with Crippen LogP contribution in [-0.2, 0) is 10.8 Å². The second-order valence-electron chi connectivity index (χ2n) is 22.3. The van der Waals surface area contributed by atoms with Gasteiger partial charge in [-0.3, -0.25) is 0 Å². The van der Waals surface area contributed by atoms with Gasteiger partial charge in [-0.15, -0.1) is 0 Å². The Balaban J connectivity index is 0.826. The van der Waals surface area contributed by atoms with Crippen LogP contribution in [0.2, 0.25) is 12.1 Å². The maximum absolute atomic E-state index is 2.71. The highest BCUT2D eigenvalue weighted by atomic mass is 28.3. The molecule has 3 atom stereocenters. The molecule has 2 nitrogen and oxygen atoms in total. The number of benzene rings is 4. The second kappa shape index (κ2) is 14.4. The van der Waals surface area contributed by atoms with Crippen LogP contribution >= 0.6 is 0 Å². The Bertz CT molecular complexity index is 2880. The highest BCUT2D eigenvalue weighted by Gasteiger charge is 2.51. The molecule has 3 aliphatic heterocycles. The van der Waals surface area contributed by atoms with Crippen LogP contribution in [0.5, 0.6) is 0 Å². The third-order valence-corrected chi connectivity index (χ3v) is 23.6. The highest BCUT2D eigenvalue weighted by molar-refractivity contribution is 6.99. The van der Waals surface area contributed by atoms with Crippen LogP contribution < -0.4 is 15.0 Å². The van der Waals surface area contributed by atoms with Gasteiger partial charge in [0.2, 0.25) is 0 Å². The number of para-hydroxylation sites is 1. The molecule has 12 rings (SSSR count). The van der Waals surface area contributed by atoms with Crippen LogP contribution in [-0.4, -0.2) is 20.7 Å². The van der Waals surface area contributed by atoms with Crippen molar-refractivity contribution in [3.8, 4) is 11.1 Å². The van der Waals surface area contributed by atoms with Crippen molar-refractivity contribution in [3.63, 3.8) is 0 Å². The van der Waals surface area contributed by atoms with Gasteiger partial charge in [-0.25, -0.2) is 0 Å². The third-order valence-electron chi connectivity index (χ3n) is 17.9. The van der Waals surface area contributed by atoms with Crippen molar-refractivity contribution < 1.29 is 0 Å². The highest BCUT2D eigenvalue weighted by Crippen LogP contribution is 2.55. The fraction of sp³-hybridized carbons (Fsp3) is 0.377. The van der Waals surface area contributed by atoms with Crippen molar-refractivity contribution in [2.45, 2.75) is 129 Å². The van der Waals surface area contributed by atoms with Crippen LogP contribution in [0.15, 0.2) is 143 Å². The maximum Gasteiger partial charge on any atom is 0.119 e. The molecule has 8 aliphatic rings. The normalized spacial score (nSPS) is 26.5. The lowest BCUT2D eigenvalue weighted by atomic mass is 9.69. The molecule has 0 saturated carbocycles. The van der Waals surface area contributed by atoms with Gasteiger partial charge < -0.3 is 9.80 Å². The predicted octanol–water partition coefficient (Wildman–Crippen LogP) is 15.1. The molecule has 2 saturated heterocycles. The van der Waals surface area contributed by atoms with E-state index < -0.39 is 8.07 Å². The summed E-state index contributed by atoms with van der Waals surface area (Å²) in [6.45, 7) is 18.4. The van der Waals surface area contributed by atoms with Crippen LogP contribution in [0.3, 0.4) is 0 Å². The van der Waals surface area contributed by atoms with Crippen molar-refractivity contribution >= 4 is 42.4 Å². The van der Waals surface area contributed by atoms with Gasteiger partial charge in [-0.1, -0.05) is 152 Å². The van der Waals surface area contributed by atoms with Crippen molar-refractivity contribution in [1.29, 1.82) is 0 Å². The molecule has 324 valence electrons. The molecule has 3 heterocycles. The Morgan fingerprint density at radius 2 is 1.39 bits per heavy atom. The zero-order valence-electron chi connectivity index (χ0n) is 39.5. The monoisotopic (exact) mass is 854 g/mol. The van der Waals surface area contributed by atoms with Gasteiger partial charge >= 0.3 is 0 Å². The zero-order valence-corrected chi connectivity index (χ0v) is 40.5. The van der Waals surface area contributed by atoms with E-state index in [0.29, 0.717) is 17.4 Å². The van der Waals surface area contributed by atoms with Crippen LogP contribution in [0.25, 0.3) is 28.9 Å². The number of hydrogen-bond acceptors (Lipinski definition) is 2. The van der Waals surface area contributed by atoms with Gasteiger partial charge in [-0.05, 0) is 171 Å². The van der Waals surface area contributed by atoms with Crippen molar-refractivity contribution in [3.05, 3.63) is 176 Å². The molecule has 4 aromatic rings. The molecule has 0 amide bonds. The molecule has 0 aromatic heterocycles. The predicted molar refractivity (Wildman–Crippen MR) is 276 cm³/mol. The Hall–Kier alpha value is -5.12. The van der Waals surface area contributed by atoms with Crippen LogP contribution in [0.4, 0.5) is 11.4 Å². The Morgan fingerprint density at radius 3 is 2.17 bits per heavy atom. The molecular formula is C61H66N2Si. The standard InChI is InChI=1S/C61H66N2Si/c1-40-16-14-18-55-58(40)64(34-12-13-35-64)56-19-9-8-17-54(56)63(55)53-30-29-48-46-27-24-42(37-50(46)59(3,4)49(48)36-41(53)2)21-22-43-23-26-45-47-28-25-44(39-52(47)60(5,6)51(45)38-43)62-33-15-32-61(7)31-11-10-20-57(61)62/h8-10,14,17-30,37-40,57H,11-13,15-16,31-36H2,1-7H3/b22-21+. The Morgan fingerprint density at radius 1 is 0.688 bits per heavy atom. The van der Waals surface area contributed by atoms with E-state index in [9.17, 15) is 0 Å². The molecule has 3 unspecified atom stereocenters. The Kier molecular flexibility index (Phi) is 9.11. The van der Waals surface area contributed by atoms with E-state index in [2.05, 4.69) is 186 Å². The van der Waals surface area contributed by atoms with E-state index >= 15 is 0 Å². The Labute approximate surface area is 384 Å². The lowest BCUT2D eigenvalue weighted by Crippen LogP contribution is -2.56. The van der Waals surface area contributed by atoms with Crippen LogP contribution in [0, 0.1) is 11.3 Å². The summed E-state index contributed by atoms with van der Waals surface area (Å²) in [6, 6.07) is 34.7. The first-order valence-electron chi connectivity index (χ1n) is 24.9. The van der Waals surface area contributed by atoms with Gasteiger partial charge in [0.05, 0.1) is 6.04 Å². The summed E-state index contributed by atoms with van der Waals surface area (Å²) in [6.07, 6.45) is 29.6. The summed E-state index contributed by atoms with van der Waals surface area (Å²) < 4.78 is 0. The minimum absolute atomic E-state index is 0.0605. The summed E-state index contributed by atoms with van der Waals surface area (Å²) >= 11 is 0. The van der Waals surface area contributed by atoms with E-state index in [1.807, 2.05) is 5.20 Å². The topological polar surface area (TPSA) is 6.48 Å². The maximum atomic E-state index is 2.71. The molecule has 0 bridgehead atoms. The molecule has 4 aromatic carbocycles. The van der Waals surface area contributed by atoms with E-state index in [-0.39, 0.29) is 10.8 Å². The first kappa shape index (κ1) is 40.4. The number of nitrogens with zero attached hydrogens (tertiary/aromatic N) is 2. The quantitative estimate of drug-likeness (QED) is 0.115. The fourth-order valence-corrected chi connectivity index (χ4v) is 20.6. The molecular weight excluding hydrogens is 789 g/mol. The fourth-order valence-electron chi connectivity index (χ4n) is 14.5. The van der Waals surface area contributed by atoms with E-state index in [1.54, 1.807) is 10.8 Å². The molecule has 5 aliphatic carbocycles.